The molecule has 26 heavy (non-hydrogen) atoms. The van der Waals surface area contributed by atoms with Gasteiger partial charge in [0.15, 0.2) is 0 Å². The SMILES string of the molecule is COc1ccc(NC(=O)Cn2nnc(-c3ccc([N+](=O)[O-])cc3)n2)cc1. The van der Waals surface area contributed by atoms with Crippen LogP contribution >= 0.6 is 0 Å². The number of rotatable bonds is 6. The molecule has 0 saturated carbocycles. The molecule has 1 aromatic heterocycles. The van der Waals surface area contributed by atoms with Crippen LogP contribution in [0.1, 0.15) is 0 Å². The van der Waals surface area contributed by atoms with Crippen LogP contribution in [0.2, 0.25) is 0 Å². The zero-order valence-electron chi connectivity index (χ0n) is 13.7. The zero-order valence-corrected chi connectivity index (χ0v) is 13.7. The maximum absolute atomic E-state index is 12.1. The van der Waals surface area contributed by atoms with Gasteiger partial charge in [-0.2, -0.15) is 4.80 Å². The smallest absolute Gasteiger partial charge is 0.269 e. The number of tetrazole rings is 1. The number of nitro benzene ring substituents is 1. The maximum Gasteiger partial charge on any atom is 0.269 e. The maximum atomic E-state index is 12.1. The van der Waals surface area contributed by atoms with Gasteiger partial charge in [0.25, 0.3) is 5.69 Å². The number of ether oxygens (including phenoxy) is 1. The fourth-order valence-corrected chi connectivity index (χ4v) is 2.16. The summed E-state index contributed by atoms with van der Waals surface area (Å²) in [4.78, 5) is 23.4. The summed E-state index contributed by atoms with van der Waals surface area (Å²) in [5.74, 6) is 0.647. The number of hydrogen-bond acceptors (Lipinski definition) is 7. The van der Waals surface area contributed by atoms with E-state index in [0.29, 0.717) is 17.0 Å². The van der Waals surface area contributed by atoms with Gasteiger partial charge in [-0.25, -0.2) is 0 Å². The van der Waals surface area contributed by atoms with E-state index >= 15 is 0 Å². The number of benzene rings is 2. The molecule has 0 bridgehead atoms. The first-order chi connectivity index (χ1) is 12.5. The van der Waals surface area contributed by atoms with Crippen LogP contribution in [0.4, 0.5) is 11.4 Å². The first-order valence-electron chi connectivity index (χ1n) is 7.51. The van der Waals surface area contributed by atoms with Crippen molar-refractivity contribution in [2.45, 2.75) is 6.54 Å². The number of nitrogens with one attached hydrogen (secondary N) is 1. The van der Waals surface area contributed by atoms with Gasteiger partial charge in [0, 0.05) is 23.4 Å². The van der Waals surface area contributed by atoms with Crippen LogP contribution in [0.5, 0.6) is 5.75 Å². The Hall–Kier alpha value is -3.82. The number of hydrogen-bond donors (Lipinski definition) is 1. The standard InChI is InChI=1S/C16H14N6O4/c1-26-14-8-4-12(5-9-14)17-15(23)10-21-19-16(18-20-21)11-2-6-13(7-3-11)22(24)25/h2-9H,10H2,1H3,(H,17,23). The molecule has 1 amide bonds. The summed E-state index contributed by atoms with van der Waals surface area (Å²) in [6, 6.07) is 12.7. The third-order valence-corrected chi connectivity index (χ3v) is 3.45. The number of non-ortho nitro benzene ring substituents is 1. The molecule has 10 heteroatoms. The van der Waals surface area contributed by atoms with Gasteiger partial charge in [-0.15, -0.1) is 10.2 Å². The van der Waals surface area contributed by atoms with Crippen molar-refractivity contribution < 1.29 is 14.5 Å². The molecule has 0 aliphatic carbocycles. The topological polar surface area (TPSA) is 125 Å². The molecule has 0 aliphatic rings. The molecule has 2 aromatic carbocycles. The molecule has 1 N–H and O–H groups in total. The van der Waals surface area contributed by atoms with Crippen molar-refractivity contribution in [3.63, 3.8) is 0 Å². The van der Waals surface area contributed by atoms with Gasteiger partial charge in [0.2, 0.25) is 11.7 Å². The van der Waals surface area contributed by atoms with Crippen LogP contribution < -0.4 is 10.1 Å². The van der Waals surface area contributed by atoms with Crippen LogP contribution in [0.25, 0.3) is 11.4 Å². The second-order valence-electron chi connectivity index (χ2n) is 5.22. The lowest BCUT2D eigenvalue weighted by atomic mass is 10.2. The predicted octanol–water partition coefficient (Wildman–Crippen LogP) is 1.90. The third kappa shape index (κ3) is 3.98. The number of nitro groups is 1. The van der Waals surface area contributed by atoms with Crippen LogP contribution in [-0.4, -0.2) is 38.1 Å². The van der Waals surface area contributed by atoms with Crippen molar-refractivity contribution in [3.05, 3.63) is 58.6 Å². The monoisotopic (exact) mass is 354 g/mol. The summed E-state index contributed by atoms with van der Waals surface area (Å²) < 4.78 is 5.05. The van der Waals surface area contributed by atoms with Gasteiger partial charge in [-0.05, 0) is 41.6 Å². The van der Waals surface area contributed by atoms with Crippen molar-refractivity contribution >= 4 is 17.3 Å². The Morgan fingerprint density at radius 1 is 1.19 bits per heavy atom. The Morgan fingerprint density at radius 2 is 1.88 bits per heavy atom. The number of methoxy groups -OCH3 is 1. The van der Waals surface area contributed by atoms with E-state index in [1.807, 2.05) is 0 Å². The molecule has 0 unspecified atom stereocenters. The molecule has 1 heterocycles. The molecule has 0 saturated heterocycles. The van der Waals surface area contributed by atoms with E-state index in [0.717, 1.165) is 4.80 Å². The molecule has 0 atom stereocenters. The summed E-state index contributed by atoms with van der Waals surface area (Å²) in [6.45, 7) is -0.119. The lowest BCUT2D eigenvalue weighted by Crippen LogP contribution is -2.20. The molecular formula is C16H14N6O4. The minimum Gasteiger partial charge on any atom is -0.497 e. The summed E-state index contributed by atoms with van der Waals surface area (Å²) in [6.07, 6.45) is 0. The number of carbonyl (C=O) groups excluding carboxylic acids is 1. The van der Waals surface area contributed by atoms with E-state index in [-0.39, 0.29) is 24.0 Å². The van der Waals surface area contributed by atoms with Gasteiger partial charge in [-0.1, -0.05) is 0 Å². The molecule has 3 aromatic rings. The lowest BCUT2D eigenvalue weighted by Gasteiger charge is -2.05. The van der Waals surface area contributed by atoms with E-state index in [1.54, 1.807) is 31.4 Å². The first kappa shape index (κ1) is 17.0. The molecule has 10 nitrogen and oxygen atoms in total. The Kier molecular flexibility index (Phi) is 4.83. The fraction of sp³-hybridized carbons (Fsp3) is 0.125. The summed E-state index contributed by atoms with van der Waals surface area (Å²) in [5.41, 5.74) is 1.16. The van der Waals surface area contributed by atoms with E-state index in [2.05, 4.69) is 20.7 Å². The number of aromatic nitrogens is 4. The van der Waals surface area contributed by atoms with Crippen LogP contribution in [0, 0.1) is 10.1 Å². The van der Waals surface area contributed by atoms with E-state index < -0.39 is 4.92 Å². The highest BCUT2D eigenvalue weighted by Crippen LogP contribution is 2.18. The number of anilines is 1. The average molecular weight is 354 g/mol. The normalized spacial score (nSPS) is 10.3. The number of amides is 1. The highest BCUT2D eigenvalue weighted by Gasteiger charge is 2.11. The second-order valence-corrected chi connectivity index (χ2v) is 5.22. The van der Waals surface area contributed by atoms with Crippen molar-refractivity contribution in [1.29, 1.82) is 0 Å². The van der Waals surface area contributed by atoms with Crippen molar-refractivity contribution in [3.8, 4) is 17.1 Å². The molecule has 0 aliphatic heterocycles. The van der Waals surface area contributed by atoms with Gasteiger partial charge in [-0.3, -0.25) is 14.9 Å². The number of carbonyl (C=O) groups is 1. The van der Waals surface area contributed by atoms with E-state index in [9.17, 15) is 14.9 Å². The van der Waals surface area contributed by atoms with Gasteiger partial charge in [0.1, 0.15) is 12.3 Å². The largest absolute Gasteiger partial charge is 0.497 e. The van der Waals surface area contributed by atoms with E-state index in [1.165, 1.54) is 24.3 Å². The van der Waals surface area contributed by atoms with Crippen molar-refractivity contribution in [2.24, 2.45) is 0 Å². The molecule has 0 radical (unpaired) electrons. The molecular weight excluding hydrogens is 340 g/mol. The summed E-state index contributed by atoms with van der Waals surface area (Å²) in [5, 5.41) is 25.2. The fourth-order valence-electron chi connectivity index (χ4n) is 2.16. The lowest BCUT2D eigenvalue weighted by molar-refractivity contribution is -0.384. The minimum absolute atomic E-state index is 0.0278. The summed E-state index contributed by atoms with van der Waals surface area (Å²) >= 11 is 0. The highest BCUT2D eigenvalue weighted by molar-refractivity contribution is 5.90. The van der Waals surface area contributed by atoms with E-state index in [4.69, 9.17) is 4.74 Å². The van der Waals surface area contributed by atoms with Crippen LogP contribution in [0.3, 0.4) is 0 Å². The minimum atomic E-state index is -0.489. The Morgan fingerprint density at radius 3 is 2.50 bits per heavy atom. The Balaban J connectivity index is 1.63. The Bertz CT molecular complexity index is 921. The second kappa shape index (κ2) is 7.38. The van der Waals surface area contributed by atoms with Crippen molar-refractivity contribution in [1.82, 2.24) is 20.2 Å². The third-order valence-electron chi connectivity index (χ3n) is 3.45. The molecule has 3 rings (SSSR count). The number of nitrogens with zero attached hydrogens (tertiary/aromatic N) is 5. The van der Waals surface area contributed by atoms with Crippen molar-refractivity contribution in [2.75, 3.05) is 12.4 Å². The molecule has 132 valence electrons. The Labute approximate surface area is 147 Å². The van der Waals surface area contributed by atoms with Crippen LogP contribution in [0.15, 0.2) is 48.5 Å². The average Bonchev–Trinajstić information content (AvgIpc) is 3.10. The quantitative estimate of drug-likeness (QED) is 0.529. The van der Waals surface area contributed by atoms with Gasteiger partial charge in [0.05, 0.1) is 12.0 Å². The van der Waals surface area contributed by atoms with Crippen LogP contribution in [-0.2, 0) is 11.3 Å². The van der Waals surface area contributed by atoms with Gasteiger partial charge < -0.3 is 10.1 Å². The van der Waals surface area contributed by atoms with Gasteiger partial charge >= 0.3 is 0 Å². The first-order valence-corrected chi connectivity index (χ1v) is 7.51. The molecule has 0 spiro atoms. The summed E-state index contributed by atoms with van der Waals surface area (Å²) in [7, 11) is 1.56. The highest BCUT2D eigenvalue weighted by atomic mass is 16.6. The zero-order chi connectivity index (χ0) is 18.5. The molecule has 0 fully saturated rings. The predicted molar refractivity (Wildman–Crippen MR) is 91.5 cm³/mol.